The fourth-order valence-corrected chi connectivity index (χ4v) is 1.30. The maximum absolute atomic E-state index is 4.21. The summed E-state index contributed by atoms with van der Waals surface area (Å²) in [5.41, 5.74) is 0.952. The second kappa shape index (κ2) is 3.53. The zero-order valence-electron chi connectivity index (χ0n) is 8.31. The molecule has 2 rings (SSSR count). The number of imidazole rings is 1. The Kier molecular flexibility index (Phi) is 2.22. The number of rotatable bonds is 3. The number of nitrogens with one attached hydrogen (secondary N) is 1. The number of aromatic nitrogens is 4. The summed E-state index contributed by atoms with van der Waals surface area (Å²) in [6, 6.07) is 0. The molecular formula is C9H13N5. The van der Waals surface area contributed by atoms with Gasteiger partial charge < -0.3 is 9.88 Å². The topological polar surface area (TPSA) is 47.7 Å². The Balaban J connectivity index is 2.18. The van der Waals surface area contributed by atoms with E-state index in [0.717, 1.165) is 18.2 Å². The van der Waals surface area contributed by atoms with Crippen LogP contribution >= 0.6 is 0 Å². The molecule has 14 heavy (non-hydrogen) atoms. The highest BCUT2D eigenvalue weighted by Crippen LogP contribution is 2.12. The highest BCUT2D eigenvalue weighted by Gasteiger charge is 2.01. The Morgan fingerprint density at radius 2 is 2.36 bits per heavy atom. The van der Waals surface area contributed by atoms with Crippen LogP contribution in [0.4, 0.5) is 11.6 Å². The molecule has 0 radical (unpaired) electrons. The maximum atomic E-state index is 4.21. The number of hydrogen-bond acceptors (Lipinski definition) is 3. The number of nitrogens with zero attached hydrogens (tertiary/aromatic N) is 4. The van der Waals surface area contributed by atoms with E-state index < -0.39 is 0 Å². The first-order valence-electron chi connectivity index (χ1n) is 4.56. The Morgan fingerprint density at radius 1 is 1.50 bits per heavy atom. The zero-order valence-corrected chi connectivity index (χ0v) is 8.31. The molecule has 0 saturated carbocycles. The van der Waals surface area contributed by atoms with Gasteiger partial charge in [-0.15, -0.1) is 0 Å². The third-order valence-corrected chi connectivity index (χ3v) is 2.02. The molecule has 74 valence electrons. The Morgan fingerprint density at radius 3 is 3.00 bits per heavy atom. The van der Waals surface area contributed by atoms with E-state index in [1.165, 1.54) is 0 Å². The molecule has 0 spiro atoms. The van der Waals surface area contributed by atoms with Gasteiger partial charge in [-0.25, -0.2) is 4.98 Å². The molecule has 0 saturated heterocycles. The molecule has 0 aliphatic carbocycles. The average Bonchev–Trinajstić information content (AvgIpc) is 2.76. The Bertz CT molecular complexity index is 414. The van der Waals surface area contributed by atoms with E-state index in [1.54, 1.807) is 17.1 Å². The van der Waals surface area contributed by atoms with E-state index in [2.05, 4.69) is 22.3 Å². The fourth-order valence-electron chi connectivity index (χ4n) is 1.30. The summed E-state index contributed by atoms with van der Waals surface area (Å²) < 4.78 is 3.79. The highest BCUT2D eigenvalue weighted by molar-refractivity contribution is 5.50. The van der Waals surface area contributed by atoms with Gasteiger partial charge in [0.25, 0.3) is 0 Å². The van der Waals surface area contributed by atoms with Crippen LogP contribution in [0.15, 0.2) is 24.8 Å². The van der Waals surface area contributed by atoms with Gasteiger partial charge in [0.2, 0.25) is 5.95 Å². The molecule has 0 atom stereocenters. The minimum absolute atomic E-state index is 0.848. The molecule has 2 heterocycles. The lowest BCUT2D eigenvalue weighted by molar-refractivity contribution is 0.767. The summed E-state index contributed by atoms with van der Waals surface area (Å²) >= 11 is 0. The molecule has 5 nitrogen and oxygen atoms in total. The van der Waals surface area contributed by atoms with Gasteiger partial charge in [-0.2, -0.15) is 5.10 Å². The van der Waals surface area contributed by atoms with Gasteiger partial charge in [0.1, 0.15) is 0 Å². The maximum Gasteiger partial charge on any atom is 0.207 e. The molecule has 0 fully saturated rings. The summed E-state index contributed by atoms with van der Waals surface area (Å²) in [5.74, 6) is 0.848. The third-order valence-electron chi connectivity index (χ3n) is 2.02. The average molecular weight is 191 g/mol. The van der Waals surface area contributed by atoms with E-state index in [4.69, 9.17) is 0 Å². The molecule has 0 aliphatic heterocycles. The first-order valence-corrected chi connectivity index (χ1v) is 4.56. The van der Waals surface area contributed by atoms with E-state index in [9.17, 15) is 0 Å². The van der Waals surface area contributed by atoms with Crippen LogP contribution in [0.1, 0.15) is 6.92 Å². The summed E-state index contributed by atoms with van der Waals surface area (Å²) in [6.07, 6.45) is 7.41. The van der Waals surface area contributed by atoms with Crippen molar-refractivity contribution in [1.29, 1.82) is 0 Å². The summed E-state index contributed by atoms with van der Waals surface area (Å²) in [6.45, 7) is 2.98. The quantitative estimate of drug-likeness (QED) is 0.797. The fraction of sp³-hybridized carbons (Fsp3) is 0.333. The smallest absolute Gasteiger partial charge is 0.207 e. The molecule has 1 N–H and O–H groups in total. The highest BCUT2D eigenvalue weighted by atomic mass is 15.3. The SMILES string of the molecule is CCn1ccnc1Nc1cnn(C)c1. The molecule has 0 aliphatic rings. The van der Waals surface area contributed by atoms with Crippen LogP contribution in [0, 0.1) is 0 Å². The Hall–Kier alpha value is -1.78. The summed E-state index contributed by atoms with van der Waals surface area (Å²) in [5, 5.41) is 7.26. The van der Waals surface area contributed by atoms with Crippen molar-refractivity contribution >= 4 is 11.6 Å². The summed E-state index contributed by atoms with van der Waals surface area (Å²) in [4.78, 5) is 4.21. The molecule has 0 aromatic carbocycles. The van der Waals surface area contributed by atoms with Crippen molar-refractivity contribution in [3.8, 4) is 0 Å². The van der Waals surface area contributed by atoms with Crippen LogP contribution in [0.3, 0.4) is 0 Å². The van der Waals surface area contributed by atoms with Gasteiger partial charge in [-0.1, -0.05) is 0 Å². The standard InChI is InChI=1S/C9H13N5/c1-3-14-5-4-10-9(14)12-8-6-11-13(2)7-8/h4-7H,3H2,1-2H3,(H,10,12). The van der Waals surface area contributed by atoms with Gasteiger partial charge in [-0.05, 0) is 6.92 Å². The van der Waals surface area contributed by atoms with Crippen LogP contribution in [0.2, 0.25) is 0 Å². The van der Waals surface area contributed by atoms with Crippen LogP contribution in [0.5, 0.6) is 0 Å². The van der Waals surface area contributed by atoms with Crippen LogP contribution in [-0.2, 0) is 13.6 Å². The second-order valence-electron chi connectivity index (χ2n) is 3.06. The van der Waals surface area contributed by atoms with E-state index in [-0.39, 0.29) is 0 Å². The minimum atomic E-state index is 0.848. The van der Waals surface area contributed by atoms with Crippen molar-refractivity contribution in [2.24, 2.45) is 7.05 Å². The number of hydrogen-bond donors (Lipinski definition) is 1. The lowest BCUT2D eigenvalue weighted by Crippen LogP contribution is -2.00. The van der Waals surface area contributed by atoms with Gasteiger partial charge in [0, 0.05) is 32.2 Å². The monoisotopic (exact) mass is 191 g/mol. The predicted octanol–water partition coefficient (Wildman–Crippen LogP) is 1.38. The van der Waals surface area contributed by atoms with Crippen molar-refractivity contribution in [1.82, 2.24) is 19.3 Å². The molecule has 0 unspecified atom stereocenters. The molecule has 2 aromatic rings. The molecule has 0 amide bonds. The van der Waals surface area contributed by atoms with Gasteiger partial charge in [-0.3, -0.25) is 4.68 Å². The first-order chi connectivity index (χ1) is 6.79. The minimum Gasteiger partial charge on any atom is -0.323 e. The molecule has 0 bridgehead atoms. The molecular weight excluding hydrogens is 178 g/mol. The normalized spacial score (nSPS) is 10.4. The van der Waals surface area contributed by atoms with Crippen molar-refractivity contribution in [2.75, 3.05) is 5.32 Å². The Labute approximate surface area is 82.4 Å². The van der Waals surface area contributed by atoms with E-state index in [0.29, 0.717) is 0 Å². The predicted molar refractivity (Wildman–Crippen MR) is 54.4 cm³/mol. The molecule has 5 heteroatoms. The van der Waals surface area contributed by atoms with Crippen molar-refractivity contribution < 1.29 is 0 Å². The molecule has 2 aromatic heterocycles. The van der Waals surface area contributed by atoms with Gasteiger partial charge >= 0.3 is 0 Å². The van der Waals surface area contributed by atoms with Crippen molar-refractivity contribution in [3.63, 3.8) is 0 Å². The number of anilines is 2. The largest absolute Gasteiger partial charge is 0.323 e. The third kappa shape index (κ3) is 1.61. The lowest BCUT2D eigenvalue weighted by atomic mass is 10.5. The second-order valence-corrected chi connectivity index (χ2v) is 3.06. The van der Waals surface area contributed by atoms with E-state index in [1.807, 2.05) is 24.0 Å². The van der Waals surface area contributed by atoms with Crippen LogP contribution < -0.4 is 5.32 Å². The van der Waals surface area contributed by atoms with E-state index >= 15 is 0 Å². The lowest BCUT2D eigenvalue weighted by Gasteiger charge is -2.04. The van der Waals surface area contributed by atoms with Gasteiger partial charge in [0.05, 0.1) is 11.9 Å². The van der Waals surface area contributed by atoms with Crippen LogP contribution in [0.25, 0.3) is 0 Å². The van der Waals surface area contributed by atoms with Crippen LogP contribution in [-0.4, -0.2) is 19.3 Å². The number of aryl methyl sites for hydroxylation is 2. The van der Waals surface area contributed by atoms with Crippen molar-refractivity contribution in [3.05, 3.63) is 24.8 Å². The zero-order chi connectivity index (χ0) is 9.97. The first kappa shape index (κ1) is 8.80. The van der Waals surface area contributed by atoms with Crippen molar-refractivity contribution in [2.45, 2.75) is 13.5 Å². The van der Waals surface area contributed by atoms with Gasteiger partial charge in [0.15, 0.2) is 0 Å². The summed E-state index contributed by atoms with van der Waals surface area (Å²) in [7, 11) is 1.89.